The monoisotopic (exact) mass is 478 g/mol. The Morgan fingerprint density at radius 1 is 1.03 bits per heavy atom. The molecule has 0 aromatic carbocycles. The Morgan fingerprint density at radius 3 is 1.88 bits per heavy atom. The van der Waals surface area contributed by atoms with Gasteiger partial charge in [0.1, 0.15) is 0 Å². The quantitative estimate of drug-likeness (QED) is 0.413. The lowest BCUT2D eigenvalue weighted by Gasteiger charge is -2.16. The number of alkyl halides is 1. The smallest absolute Gasteiger partial charge is 0.223 e. The first kappa shape index (κ1) is 29.8. The SMILES string of the molecule is C#CCN(C)CCn1ccc(=O)c(O)c1C.C#CCNC.Cc1c(O)c(=O)ccn1CCCl.[HH]. The standard InChI is InChI=1S/C12H16N2O2.C8H10ClNO2.C4H7N.H2/c1-4-6-13(3)8-9-14-7-5-11(15)12(16)10(14)2;1-6-8(12)7(11)2-4-10(6)5-3-9;1-3-4-5-2;/h1,5,7,16H,6,8-9H2,2-3H3;2,4,12H,3,5H2,1H3;1,5H,4H2,2H3;1H. The van der Waals surface area contributed by atoms with Crippen molar-refractivity contribution >= 4 is 11.6 Å². The van der Waals surface area contributed by atoms with Crippen molar-refractivity contribution in [2.45, 2.75) is 26.9 Å². The largest absolute Gasteiger partial charge is 0.503 e. The zero-order valence-corrected chi connectivity index (χ0v) is 20.4. The number of halogens is 1. The van der Waals surface area contributed by atoms with Gasteiger partial charge in [0.05, 0.1) is 24.5 Å². The van der Waals surface area contributed by atoms with Crippen LogP contribution in [0.3, 0.4) is 0 Å². The van der Waals surface area contributed by atoms with E-state index in [9.17, 15) is 19.8 Å². The van der Waals surface area contributed by atoms with E-state index in [4.69, 9.17) is 24.4 Å². The van der Waals surface area contributed by atoms with Crippen LogP contribution in [0.5, 0.6) is 11.5 Å². The second-order valence-corrected chi connectivity index (χ2v) is 7.36. The van der Waals surface area contributed by atoms with Crippen molar-refractivity contribution in [2.24, 2.45) is 0 Å². The van der Waals surface area contributed by atoms with Gasteiger partial charge in [0.25, 0.3) is 0 Å². The number of nitrogens with one attached hydrogen (secondary N) is 1. The number of aromatic nitrogens is 2. The Hall–Kier alpha value is -3.17. The molecule has 0 aliphatic carbocycles. The Kier molecular flexibility index (Phi) is 14.9. The van der Waals surface area contributed by atoms with E-state index in [2.05, 4.69) is 17.2 Å². The van der Waals surface area contributed by atoms with Gasteiger partial charge in [-0.15, -0.1) is 24.4 Å². The third-order valence-corrected chi connectivity index (χ3v) is 4.68. The van der Waals surface area contributed by atoms with Crippen molar-refractivity contribution in [3.05, 3.63) is 56.4 Å². The molecule has 3 N–H and O–H groups in total. The van der Waals surface area contributed by atoms with Gasteiger partial charge in [-0.25, -0.2) is 0 Å². The molecule has 0 fully saturated rings. The molecule has 0 amide bonds. The number of likely N-dealkylation sites (N-methyl/N-ethyl adjacent to an activating group) is 1. The second-order valence-electron chi connectivity index (χ2n) is 6.98. The van der Waals surface area contributed by atoms with E-state index in [1.54, 1.807) is 30.8 Å². The fraction of sp³-hybridized carbons (Fsp3) is 0.417. The van der Waals surface area contributed by atoms with Crippen LogP contribution in [-0.2, 0) is 13.1 Å². The van der Waals surface area contributed by atoms with Gasteiger partial charge in [-0.1, -0.05) is 11.8 Å². The summed E-state index contributed by atoms with van der Waals surface area (Å²) in [6, 6.07) is 2.69. The van der Waals surface area contributed by atoms with E-state index in [1.165, 1.54) is 12.1 Å². The van der Waals surface area contributed by atoms with Crippen LogP contribution in [0.15, 0.2) is 34.1 Å². The minimum Gasteiger partial charge on any atom is -0.503 e. The maximum atomic E-state index is 11.1. The van der Waals surface area contributed by atoms with Crippen LogP contribution in [0, 0.1) is 38.5 Å². The highest BCUT2D eigenvalue weighted by Gasteiger charge is 2.05. The molecule has 9 heteroatoms. The summed E-state index contributed by atoms with van der Waals surface area (Å²) in [4.78, 5) is 24.0. The summed E-state index contributed by atoms with van der Waals surface area (Å²) < 4.78 is 3.58. The maximum Gasteiger partial charge on any atom is 0.223 e. The molecular weight excluding hydrogens is 444 g/mol. The van der Waals surface area contributed by atoms with Gasteiger partial charge in [-0.2, -0.15) is 0 Å². The summed E-state index contributed by atoms with van der Waals surface area (Å²) in [6.45, 7) is 6.72. The van der Waals surface area contributed by atoms with Crippen molar-refractivity contribution in [1.29, 1.82) is 0 Å². The highest BCUT2D eigenvalue weighted by Crippen LogP contribution is 2.09. The number of nitrogens with zero attached hydrogens (tertiary/aromatic N) is 3. The number of hydrogen-bond acceptors (Lipinski definition) is 6. The number of aromatic hydroxyl groups is 2. The van der Waals surface area contributed by atoms with Gasteiger partial charge in [0, 0.05) is 51.5 Å². The molecule has 0 saturated heterocycles. The molecule has 182 valence electrons. The van der Waals surface area contributed by atoms with E-state index in [-0.39, 0.29) is 23.8 Å². The molecule has 0 unspecified atom stereocenters. The number of terminal acetylenes is 2. The molecule has 33 heavy (non-hydrogen) atoms. The van der Waals surface area contributed by atoms with E-state index in [1.807, 2.05) is 23.6 Å². The highest BCUT2D eigenvalue weighted by atomic mass is 35.5. The molecular formula is C24H35ClN4O4. The molecule has 0 atom stereocenters. The molecule has 2 aromatic heterocycles. The van der Waals surface area contributed by atoms with Gasteiger partial charge >= 0.3 is 0 Å². The lowest BCUT2D eigenvalue weighted by Crippen LogP contribution is -2.24. The minimum absolute atomic E-state index is 0. The van der Waals surface area contributed by atoms with Gasteiger partial charge in [-0.3, -0.25) is 14.5 Å². The summed E-state index contributed by atoms with van der Waals surface area (Å²) >= 11 is 5.52. The lowest BCUT2D eigenvalue weighted by molar-refractivity contribution is 0.350. The summed E-state index contributed by atoms with van der Waals surface area (Å²) in [5.74, 6) is 5.05. The predicted octanol–water partition coefficient (Wildman–Crippen LogP) is 1.61. The normalized spacial score (nSPS) is 9.70. The Morgan fingerprint density at radius 2 is 1.52 bits per heavy atom. The topological polar surface area (TPSA) is 99.7 Å². The molecule has 8 nitrogen and oxygen atoms in total. The van der Waals surface area contributed by atoms with Gasteiger partial charge in [-0.05, 0) is 27.9 Å². The number of hydrogen-bond donors (Lipinski definition) is 3. The molecule has 2 aromatic rings. The van der Waals surface area contributed by atoms with Crippen LogP contribution in [0.25, 0.3) is 0 Å². The molecule has 0 bridgehead atoms. The van der Waals surface area contributed by atoms with E-state index < -0.39 is 0 Å². The van der Waals surface area contributed by atoms with Gasteiger partial charge in [0.15, 0.2) is 11.5 Å². The van der Waals surface area contributed by atoms with Crippen LogP contribution < -0.4 is 16.2 Å². The molecule has 0 aliphatic rings. The van der Waals surface area contributed by atoms with Crippen molar-refractivity contribution < 1.29 is 11.6 Å². The zero-order chi connectivity index (χ0) is 25.4. The number of aryl methyl sites for hydroxylation is 1. The third kappa shape index (κ3) is 10.8. The first-order valence-electron chi connectivity index (χ1n) is 10.2. The number of rotatable bonds is 7. The van der Waals surface area contributed by atoms with E-state index >= 15 is 0 Å². The molecule has 2 heterocycles. The van der Waals surface area contributed by atoms with Crippen LogP contribution in [-0.4, -0.2) is 63.9 Å². The summed E-state index contributed by atoms with van der Waals surface area (Å²) in [7, 11) is 3.75. The minimum atomic E-state index is -0.349. The predicted molar refractivity (Wildman–Crippen MR) is 136 cm³/mol. The van der Waals surface area contributed by atoms with E-state index in [0.717, 1.165) is 6.54 Å². The van der Waals surface area contributed by atoms with Crippen LogP contribution >= 0.6 is 11.6 Å². The molecule has 2 rings (SSSR count). The fourth-order valence-electron chi connectivity index (χ4n) is 2.52. The van der Waals surface area contributed by atoms with Crippen molar-refractivity contribution in [3.8, 4) is 36.2 Å². The molecule has 0 aliphatic heterocycles. The van der Waals surface area contributed by atoms with Crippen LogP contribution in [0.1, 0.15) is 12.8 Å². The average Bonchev–Trinajstić information content (AvgIpc) is 2.79. The van der Waals surface area contributed by atoms with E-state index in [0.29, 0.717) is 43.4 Å². The molecule has 0 radical (unpaired) electrons. The van der Waals surface area contributed by atoms with Crippen LogP contribution in [0.4, 0.5) is 0 Å². The summed E-state index contributed by atoms with van der Waals surface area (Å²) in [6.07, 6.45) is 13.3. The fourth-order valence-corrected chi connectivity index (χ4v) is 2.70. The Balaban J connectivity index is 0. The van der Waals surface area contributed by atoms with Crippen molar-refractivity contribution in [1.82, 2.24) is 19.4 Å². The average molecular weight is 479 g/mol. The van der Waals surface area contributed by atoms with Crippen LogP contribution in [0.2, 0.25) is 0 Å². The highest BCUT2D eigenvalue weighted by molar-refractivity contribution is 6.17. The number of pyridine rings is 2. The maximum absolute atomic E-state index is 11.1. The Labute approximate surface area is 201 Å². The zero-order valence-electron chi connectivity index (χ0n) is 19.6. The summed E-state index contributed by atoms with van der Waals surface area (Å²) in [5, 5.41) is 21.5. The first-order chi connectivity index (χ1) is 15.6. The second kappa shape index (κ2) is 16.5. The van der Waals surface area contributed by atoms with Gasteiger partial charge in [0.2, 0.25) is 10.9 Å². The van der Waals surface area contributed by atoms with Crippen molar-refractivity contribution in [2.75, 3.05) is 39.6 Å². The first-order valence-corrected chi connectivity index (χ1v) is 10.7. The lowest BCUT2D eigenvalue weighted by atomic mass is 10.3. The molecule has 0 saturated carbocycles. The van der Waals surface area contributed by atoms with Crippen molar-refractivity contribution in [3.63, 3.8) is 0 Å². The van der Waals surface area contributed by atoms with Gasteiger partial charge < -0.3 is 24.7 Å². The Bertz CT molecular complexity index is 1070. The molecule has 0 spiro atoms. The third-order valence-electron chi connectivity index (χ3n) is 4.51. The summed E-state index contributed by atoms with van der Waals surface area (Å²) in [5.41, 5.74) is 0.453.